The molecule has 0 aliphatic heterocycles. The smallest absolute Gasteiger partial charge is 0.144 e. The molecule has 0 aromatic carbocycles. The molecule has 2 aromatic heterocycles. The molecule has 1 saturated carbocycles. The average molecular weight is 378 g/mol. The first-order chi connectivity index (χ1) is 13.1. The Hall–Kier alpha value is -2.07. The van der Waals surface area contributed by atoms with Gasteiger partial charge in [0.05, 0.1) is 11.9 Å². The Bertz CT molecular complexity index is 885. The molecule has 2 aliphatic rings. The van der Waals surface area contributed by atoms with E-state index in [0.717, 1.165) is 27.9 Å². The van der Waals surface area contributed by atoms with Crippen molar-refractivity contribution in [1.29, 1.82) is 0 Å². The number of nitrogens with zero attached hydrogens (tertiary/aromatic N) is 3. The lowest BCUT2D eigenvalue weighted by atomic mass is 9.79. The molecule has 4 heteroatoms. The third-order valence-corrected chi connectivity index (χ3v) is 6.82. The van der Waals surface area contributed by atoms with Gasteiger partial charge in [0.25, 0.3) is 0 Å². The van der Waals surface area contributed by atoms with E-state index < -0.39 is 0 Å². The normalized spacial score (nSPS) is 20.8. The fourth-order valence-electron chi connectivity index (χ4n) is 4.50. The van der Waals surface area contributed by atoms with Crippen molar-refractivity contribution >= 4 is 16.9 Å². The summed E-state index contributed by atoms with van der Waals surface area (Å²) in [6.07, 6.45) is 15.7. The minimum absolute atomic E-state index is 0.469. The van der Waals surface area contributed by atoms with E-state index >= 15 is 0 Å². The van der Waals surface area contributed by atoms with Gasteiger partial charge in [-0.1, -0.05) is 49.8 Å². The summed E-state index contributed by atoms with van der Waals surface area (Å²) >= 11 is 1.65. The average Bonchev–Trinajstić information content (AvgIpc) is 3.29. The van der Waals surface area contributed by atoms with Crippen LogP contribution in [-0.4, -0.2) is 15.0 Å². The van der Waals surface area contributed by atoms with Crippen LogP contribution in [0.2, 0.25) is 0 Å². The molecule has 0 radical (unpaired) electrons. The maximum Gasteiger partial charge on any atom is 0.144 e. The van der Waals surface area contributed by atoms with Crippen molar-refractivity contribution in [3.8, 4) is 10.7 Å². The molecule has 4 rings (SSSR count). The van der Waals surface area contributed by atoms with Crippen molar-refractivity contribution in [1.82, 2.24) is 15.0 Å². The second kappa shape index (κ2) is 7.89. The van der Waals surface area contributed by atoms with Crippen LogP contribution in [0.1, 0.15) is 58.1 Å². The molecule has 1 atom stereocenters. The van der Waals surface area contributed by atoms with E-state index in [1.807, 2.05) is 0 Å². The first kappa shape index (κ1) is 18.3. The Kier molecular flexibility index (Phi) is 5.35. The Labute approximate surface area is 166 Å². The summed E-state index contributed by atoms with van der Waals surface area (Å²) in [5.41, 5.74) is 7.25. The minimum Gasteiger partial charge on any atom is -0.261 e. The number of hydrogen-bond donors (Lipinski definition) is 0. The highest BCUT2D eigenvalue weighted by atomic mass is 32.1. The predicted octanol–water partition coefficient (Wildman–Crippen LogP) is 6.48. The lowest BCUT2D eigenvalue weighted by Gasteiger charge is -2.26. The molecule has 2 aromatic rings. The van der Waals surface area contributed by atoms with Crippen LogP contribution in [0.25, 0.3) is 16.3 Å². The molecular weight excluding hydrogens is 350 g/mol. The number of thiazole rings is 1. The van der Waals surface area contributed by atoms with E-state index in [1.165, 1.54) is 55.2 Å². The standard InChI is InChI=1S/C23H27N3S/c1-15(2)18-12-20(19(16(18)3)11-17-7-5-4-6-8-17)22-14-27-23(26-22)21-13-24-9-10-25-21/h9-10,12-14,17,19H,1,4-8,11H2,2-3H3. The van der Waals surface area contributed by atoms with Gasteiger partial charge in [0.1, 0.15) is 10.7 Å². The van der Waals surface area contributed by atoms with Crippen molar-refractivity contribution < 1.29 is 0 Å². The Balaban J connectivity index is 1.64. The van der Waals surface area contributed by atoms with Crippen LogP contribution in [-0.2, 0) is 0 Å². The van der Waals surface area contributed by atoms with Gasteiger partial charge in [-0.15, -0.1) is 11.3 Å². The fraction of sp³-hybridized carbons (Fsp3) is 0.435. The zero-order chi connectivity index (χ0) is 18.8. The van der Waals surface area contributed by atoms with Gasteiger partial charge in [0.2, 0.25) is 0 Å². The summed E-state index contributed by atoms with van der Waals surface area (Å²) < 4.78 is 0. The molecule has 0 N–H and O–H groups in total. The van der Waals surface area contributed by atoms with Gasteiger partial charge in [-0.3, -0.25) is 9.97 Å². The highest BCUT2D eigenvalue weighted by Crippen LogP contribution is 2.45. The molecular formula is C23H27N3S. The summed E-state index contributed by atoms with van der Waals surface area (Å²) in [6, 6.07) is 0. The van der Waals surface area contributed by atoms with Crippen LogP contribution in [0.4, 0.5) is 0 Å². The van der Waals surface area contributed by atoms with E-state index in [-0.39, 0.29) is 0 Å². The van der Waals surface area contributed by atoms with Crippen LogP contribution >= 0.6 is 11.3 Å². The largest absolute Gasteiger partial charge is 0.261 e. The van der Waals surface area contributed by atoms with Crippen LogP contribution < -0.4 is 0 Å². The van der Waals surface area contributed by atoms with Gasteiger partial charge in [-0.2, -0.15) is 0 Å². The number of rotatable bonds is 5. The summed E-state index contributed by atoms with van der Waals surface area (Å²) in [7, 11) is 0. The molecule has 0 bridgehead atoms. The lowest BCUT2D eigenvalue weighted by Crippen LogP contribution is -2.13. The van der Waals surface area contributed by atoms with Crippen LogP contribution in [0.3, 0.4) is 0 Å². The zero-order valence-corrected chi connectivity index (χ0v) is 17.1. The van der Waals surface area contributed by atoms with E-state index in [1.54, 1.807) is 29.9 Å². The Morgan fingerprint density at radius 1 is 1.19 bits per heavy atom. The number of hydrogen-bond acceptors (Lipinski definition) is 4. The van der Waals surface area contributed by atoms with Crippen LogP contribution in [0.5, 0.6) is 0 Å². The molecule has 2 heterocycles. The monoisotopic (exact) mass is 377 g/mol. The second-order valence-corrected chi connectivity index (χ2v) is 8.76. The third-order valence-electron chi connectivity index (χ3n) is 5.96. The van der Waals surface area contributed by atoms with Crippen LogP contribution in [0.15, 0.2) is 53.3 Å². The molecule has 1 unspecified atom stereocenters. The van der Waals surface area contributed by atoms with E-state index in [9.17, 15) is 0 Å². The molecule has 27 heavy (non-hydrogen) atoms. The SMILES string of the molecule is C=C(C)C1=C(C)C(CC2CCCCC2)C(c2csc(-c3cnccn3)n2)=C1. The predicted molar refractivity (Wildman–Crippen MR) is 113 cm³/mol. The van der Waals surface area contributed by atoms with Gasteiger partial charge < -0.3 is 0 Å². The van der Waals surface area contributed by atoms with Gasteiger partial charge in [0, 0.05) is 23.7 Å². The maximum absolute atomic E-state index is 4.93. The van der Waals surface area contributed by atoms with E-state index in [0.29, 0.717) is 5.92 Å². The molecule has 3 nitrogen and oxygen atoms in total. The van der Waals surface area contributed by atoms with Crippen molar-refractivity contribution in [3.63, 3.8) is 0 Å². The van der Waals surface area contributed by atoms with Crippen molar-refractivity contribution in [2.75, 3.05) is 0 Å². The second-order valence-electron chi connectivity index (χ2n) is 7.90. The van der Waals surface area contributed by atoms with E-state index in [2.05, 4.69) is 41.9 Å². The first-order valence-electron chi connectivity index (χ1n) is 9.94. The quantitative estimate of drug-likeness (QED) is 0.599. The number of allylic oxidation sites excluding steroid dienone is 5. The molecule has 1 fully saturated rings. The number of aromatic nitrogens is 3. The topological polar surface area (TPSA) is 38.7 Å². The van der Waals surface area contributed by atoms with Gasteiger partial charge in [-0.25, -0.2) is 4.98 Å². The highest BCUT2D eigenvalue weighted by Gasteiger charge is 2.30. The maximum atomic E-state index is 4.93. The van der Waals surface area contributed by atoms with E-state index in [4.69, 9.17) is 4.98 Å². The third kappa shape index (κ3) is 3.81. The van der Waals surface area contributed by atoms with Gasteiger partial charge >= 0.3 is 0 Å². The molecule has 0 saturated heterocycles. The molecule has 2 aliphatic carbocycles. The summed E-state index contributed by atoms with van der Waals surface area (Å²) in [6.45, 7) is 8.61. The first-order valence-corrected chi connectivity index (χ1v) is 10.8. The van der Waals surface area contributed by atoms with Crippen molar-refractivity contribution in [3.05, 3.63) is 59.0 Å². The Morgan fingerprint density at radius 2 is 2.00 bits per heavy atom. The Morgan fingerprint density at radius 3 is 2.70 bits per heavy atom. The summed E-state index contributed by atoms with van der Waals surface area (Å²) in [5.74, 6) is 1.31. The molecule has 140 valence electrons. The molecule has 0 amide bonds. The minimum atomic E-state index is 0.469. The molecule has 0 spiro atoms. The van der Waals surface area contributed by atoms with Crippen molar-refractivity contribution in [2.24, 2.45) is 11.8 Å². The highest BCUT2D eigenvalue weighted by molar-refractivity contribution is 7.13. The fourth-order valence-corrected chi connectivity index (χ4v) is 5.29. The lowest BCUT2D eigenvalue weighted by molar-refractivity contribution is 0.323. The van der Waals surface area contributed by atoms with Crippen molar-refractivity contribution in [2.45, 2.75) is 52.4 Å². The van der Waals surface area contributed by atoms with Crippen LogP contribution in [0, 0.1) is 11.8 Å². The summed E-state index contributed by atoms with van der Waals surface area (Å²) in [5, 5.41) is 3.12. The van der Waals surface area contributed by atoms with Gasteiger partial charge in [0.15, 0.2) is 0 Å². The zero-order valence-electron chi connectivity index (χ0n) is 16.2. The van der Waals surface area contributed by atoms with Gasteiger partial charge in [-0.05, 0) is 43.4 Å². The summed E-state index contributed by atoms with van der Waals surface area (Å²) in [4.78, 5) is 13.5.